The first-order valence-corrected chi connectivity index (χ1v) is 6.32. The molecule has 0 unspecified atom stereocenters. The van der Waals surface area contributed by atoms with Crippen LogP contribution in [-0.4, -0.2) is 16.5 Å². The summed E-state index contributed by atoms with van der Waals surface area (Å²) in [6, 6.07) is 1.84. The van der Waals surface area contributed by atoms with Crippen LogP contribution in [0, 0.1) is 0 Å². The van der Waals surface area contributed by atoms with Crippen molar-refractivity contribution in [3.05, 3.63) is 29.6 Å². The van der Waals surface area contributed by atoms with E-state index in [0.29, 0.717) is 12.5 Å². The van der Waals surface area contributed by atoms with Crippen molar-refractivity contribution in [2.24, 2.45) is 5.73 Å². The minimum Gasteiger partial charge on any atom is -0.354 e. The molecule has 0 saturated carbocycles. The zero-order valence-electron chi connectivity index (χ0n) is 10.2. The molecule has 1 aliphatic carbocycles. The molecule has 1 aromatic rings. The van der Waals surface area contributed by atoms with Gasteiger partial charge in [-0.05, 0) is 38.2 Å². The maximum absolute atomic E-state index is 5.54. The number of hydrogen-bond donors (Lipinski definition) is 2. The van der Waals surface area contributed by atoms with Gasteiger partial charge in [-0.25, -0.2) is 9.97 Å². The van der Waals surface area contributed by atoms with Gasteiger partial charge in [0.2, 0.25) is 5.95 Å². The third kappa shape index (κ3) is 3.82. The van der Waals surface area contributed by atoms with Gasteiger partial charge in [-0.2, -0.15) is 0 Å². The van der Waals surface area contributed by atoms with Crippen LogP contribution in [0.15, 0.2) is 23.9 Å². The Morgan fingerprint density at radius 2 is 2.29 bits per heavy atom. The molecular weight excluding hydrogens is 212 g/mol. The Hall–Kier alpha value is -1.42. The van der Waals surface area contributed by atoms with Gasteiger partial charge in [0, 0.05) is 19.3 Å². The van der Waals surface area contributed by atoms with Crippen LogP contribution in [0.3, 0.4) is 0 Å². The van der Waals surface area contributed by atoms with E-state index in [4.69, 9.17) is 5.73 Å². The van der Waals surface area contributed by atoms with Gasteiger partial charge in [0.1, 0.15) is 0 Å². The molecule has 0 saturated heterocycles. The van der Waals surface area contributed by atoms with Crippen molar-refractivity contribution >= 4 is 5.95 Å². The zero-order valence-corrected chi connectivity index (χ0v) is 10.2. The molecule has 4 nitrogen and oxygen atoms in total. The van der Waals surface area contributed by atoms with Gasteiger partial charge in [0.05, 0.1) is 5.69 Å². The van der Waals surface area contributed by atoms with E-state index in [1.807, 2.05) is 6.07 Å². The normalized spacial score (nSPS) is 15.5. The number of nitrogens with zero attached hydrogens (tertiary/aromatic N) is 2. The summed E-state index contributed by atoms with van der Waals surface area (Å²) in [5.74, 6) is 0.685. The number of anilines is 1. The molecule has 0 amide bonds. The van der Waals surface area contributed by atoms with Crippen LogP contribution in [0.2, 0.25) is 0 Å². The highest BCUT2D eigenvalue weighted by atomic mass is 15.1. The quantitative estimate of drug-likeness (QED) is 0.764. The lowest BCUT2D eigenvalue weighted by Gasteiger charge is -2.12. The van der Waals surface area contributed by atoms with Gasteiger partial charge >= 0.3 is 0 Å². The van der Waals surface area contributed by atoms with Crippen LogP contribution < -0.4 is 11.1 Å². The van der Waals surface area contributed by atoms with E-state index in [0.717, 1.165) is 18.7 Å². The Labute approximate surface area is 102 Å². The molecule has 3 N–H and O–H groups in total. The standard InChI is InChI=1S/C13H20N4/c14-10-12-7-9-16-13(17-12)15-8-6-11-4-2-1-3-5-11/h4,7,9H,1-3,5-6,8,10,14H2,(H,15,16,17). The molecule has 4 heteroatoms. The van der Waals surface area contributed by atoms with Crippen LogP contribution in [0.1, 0.15) is 37.8 Å². The molecule has 0 spiro atoms. The first-order chi connectivity index (χ1) is 8.38. The number of nitrogens with two attached hydrogens (primary N) is 1. The third-order valence-electron chi connectivity index (χ3n) is 3.04. The molecule has 0 fully saturated rings. The van der Waals surface area contributed by atoms with Gasteiger partial charge in [0.15, 0.2) is 0 Å². The fourth-order valence-corrected chi connectivity index (χ4v) is 2.06. The molecule has 0 radical (unpaired) electrons. The molecule has 0 aliphatic heterocycles. The summed E-state index contributed by atoms with van der Waals surface area (Å²) in [5, 5.41) is 3.25. The van der Waals surface area contributed by atoms with Crippen LogP contribution >= 0.6 is 0 Å². The van der Waals surface area contributed by atoms with Crippen molar-refractivity contribution in [1.82, 2.24) is 9.97 Å². The van der Waals surface area contributed by atoms with Gasteiger partial charge in [0.25, 0.3) is 0 Å². The van der Waals surface area contributed by atoms with E-state index in [-0.39, 0.29) is 0 Å². The van der Waals surface area contributed by atoms with Crippen molar-refractivity contribution in [1.29, 1.82) is 0 Å². The molecule has 1 aliphatic rings. The Morgan fingerprint density at radius 3 is 3.06 bits per heavy atom. The second-order valence-electron chi connectivity index (χ2n) is 4.36. The lowest BCUT2D eigenvalue weighted by Crippen LogP contribution is -2.09. The lowest BCUT2D eigenvalue weighted by atomic mass is 9.97. The number of aromatic nitrogens is 2. The molecule has 0 bridgehead atoms. The minimum absolute atomic E-state index is 0.461. The SMILES string of the molecule is NCc1ccnc(NCCC2=CCCCC2)n1. The molecular formula is C13H20N4. The summed E-state index contributed by atoms with van der Waals surface area (Å²) in [5.41, 5.74) is 7.98. The summed E-state index contributed by atoms with van der Waals surface area (Å²) in [4.78, 5) is 8.48. The first-order valence-electron chi connectivity index (χ1n) is 6.32. The predicted molar refractivity (Wildman–Crippen MR) is 69.6 cm³/mol. The minimum atomic E-state index is 0.461. The fraction of sp³-hybridized carbons (Fsp3) is 0.538. The van der Waals surface area contributed by atoms with Crippen molar-refractivity contribution in [2.45, 2.75) is 38.6 Å². The van der Waals surface area contributed by atoms with E-state index in [1.165, 1.54) is 25.7 Å². The number of nitrogens with one attached hydrogen (secondary N) is 1. The Morgan fingerprint density at radius 1 is 1.35 bits per heavy atom. The van der Waals surface area contributed by atoms with Gasteiger partial charge in [-0.3, -0.25) is 0 Å². The van der Waals surface area contributed by atoms with Crippen molar-refractivity contribution in [3.63, 3.8) is 0 Å². The largest absolute Gasteiger partial charge is 0.354 e. The highest BCUT2D eigenvalue weighted by molar-refractivity contribution is 5.25. The molecule has 92 valence electrons. The smallest absolute Gasteiger partial charge is 0.222 e. The van der Waals surface area contributed by atoms with Crippen molar-refractivity contribution in [2.75, 3.05) is 11.9 Å². The molecule has 0 aromatic carbocycles. The van der Waals surface area contributed by atoms with E-state index < -0.39 is 0 Å². The molecule has 1 heterocycles. The van der Waals surface area contributed by atoms with E-state index >= 15 is 0 Å². The Balaban J connectivity index is 1.79. The highest BCUT2D eigenvalue weighted by Crippen LogP contribution is 2.19. The van der Waals surface area contributed by atoms with Crippen LogP contribution in [0.5, 0.6) is 0 Å². The van der Waals surface area contributed by atoms with Crippen LogP contribution in [0.4, 0.5) is 5.95 Å². The monoisotopic (exact) mass is 232 g/mol. The Kier molecular flexibility index (Phi) is 4.50. The molecule has 1 aromatic heterocycles. The van der Waals surface area contributed by atoms with Gasteiger partial charge in [-0.1, -0.05) is 11.6 Å². The average Bonchev–Trinajstić information content (AvgIpc) is 2.40. The van der Waals surface area contributed by atoms with E-state index in [2.05, 4.69) is 21.4 Å². The number of allylic oxidation sites excluding steroid dienone is 1. The summed E-state index contributed by atoms with van der Waals surface area (Å²) < 4.78 is 0. The predicted octanol–water partition coefficient (Wildman–Crippen LogP) is 2.24. The molecule has 17 heavy (non-hydrogen) atoms. The lowest BCUT2D eigenvalue weighted by molar-refractivity contribution is 0.679. The van der Waals surface area contributed by atoms with Crippen LogP contribution in [-0.2, 0) is 6.54 Å². The van der Waals surface area contributed by atoms with Gasteiger partial charge < -0.3 is 11.1 Å². The fourth-order valence-electron chi connectivity index (χ4n) is 2.06. The summed E-state index contributed by atoms with van der Waals surface area (Å²) in [7, 11) is 0. The topological polar surface area (TPSA) is 63.8 Å². The highest BCUT2D eigenvalue weighted by Gasteiger charge is 2.03. The third-order valence-corrected chi connectivity index (χ3v) is 3.04. The maximum atomic E-state index is 5.54. The Bertz CT molecular complexity index is 387. The zero-order chi connectivity index (χ0) is 11.9. The second-order valence-corrected chi connectivity index (χ2v) is 4.36. The number of rotatable bonds is 5. The van der Waals surface area contributed by atoms with E-state index in [9.17, 15) is 0 Å². The summed E-state index contributed by atoms with van der Waals surface area (Å²) >= 11 is 0. The second kappa shape index (κ2) is 6.35. The maximum Gasteiger partial charge on any atom is 0.222 e. The van der Waals surface area contributed by atoms with Crippen molar-refractivity contribution < 1.29 is 0 Å². The molecule has 2 rings (SSSR count). The summed E-state index contributed by atoms with van der Waals surface area (Å²) in [6.07, 6.45) is 10.4. The summed E-state index contributed by atoms with van der Waals surface area (Å²) in [6.45, 7) is 1.36. The van der Waals surface area contributed by atoms with Crippen LogP contribution in [0.25, 0.3) is 0 Å². The van der Waals surface area contributed by atoms with Gasteiger partial charge in [-0.15, -0.1) is 0 Å². The van der Waals surface area contributed by atoms with Crippen molar-refractivity contribution in [3.8, 4) is 0 Å². The molecule has 0 atom stereocenters. The number of hydrogen-bond acceptors (Lipinski definition) is 4. The van der Waals surface area contributed by atoms with E-state index in [1.54, 1.807) is 11.8 Å². The average molecular weight is 232 g/mol. The first kappa shape index (κ1) is 12.0.